The first-order valence-electron chi connectivity index (χ1n) is 17.9. The number of hydrogen-bond acceptors (Lipinski definition) is 10. The fourth-order valence-corrected chi connectivity index (χ4v) is 9.26. The van der Waals surface area contributed by atoms with Gasteiger partial charge in [-0.15, -0.1) is 0 Å². The van der Waals surface area contributed by atoms with E-state index in [9.17, 15) is 4.57 Å². The van der Waals surface area contributed by atoms with Crippen LogP contribution in [0.25, 0.3) is 21.9 Å². The Kier molecular flexibility index (Phi) is 8.69. The Morgan fingerprint density at radius 2 is 1.64 bits per heavy atom. The van der Waals surface area contributed by atoms with E-state index >= 15 is 0 Å². The van der Waals surface area contributed by atoms with E-state index in [-0.39, 0.29) is 0 Å². The average molecular weight is 694 g/mol. The van der Waals surface area contributed by atoms with Crippen LogP contribution in [0.2, 0.25) is 0 Å². The van der Waals surface area contributed by atoms with Gasteiger partial charge in [0, 0.05) is 85.6 Å². The summed E-state index contributed by atoms with van der Waals surface area (Å²) in [4.78, 5) is 25.6. The molecule has 5 aromatic rings. The van der Waals surface area contributed by atoms with Gasteiger partial charge in [0.05, 0.1) is 29.4 Å². The molecule has 3 aliphatic rings. The summed E-state index contributed by atoms with van der Waals surface area (Å²) in [6, 6.07) is 15.1. The molecule has 2 saturated heterocycles. The zero-order valence-corrected chi connectivity index (χ0v) is 30.7. The highest BCUT2D eigenvalue weighted by Gasteiger charge is 2.29. The topological polar surface area (TPSA) is 115 Å². The number of likely N-dealkylation sites (N-methyl/N-ethyl adjacent to an activating group) is 1. The van der Waals surface area contributed by atoms with Crippen molar-refractivity contribution in [3.8, 4) is 5.75 Å². The zero-order valence-electron chi connectivity index (χ0n) is 29.8. The minimum Gasteiger partial charge on any atom is -0.494 e. The molecule has 3 fully saturated rings. The second-order valence-corrected chi connectivity index (χ2v) is 17.8. The first kappa shape index (κ1) is 33.0. The molecule has 0 spiro atoms. The molecule has 0 amide bonds. The number of H-pyrrole nitrogens is 1. The van der Waals surface area contributed by atoms with Gasteiger partial charge in [0.1, 0.15) is 24.4 Å². The summed E-state index contributed by atoms with van der Waals surface area (Å²) < 4.78 is 19.7. The Bertz CT molecular complexity index is 2090. The van der Waals surface area contributed by atoms with Gasteiger partial charge in [-0.05, 0) is 88.9 Å². The monoisotopic (exact) mass is 693 g/mol. The Balaban J connectivity index is 1.06. The molecule has 0 bridgehead atoms. The van der Waals surface area contributed by atoms with Crippen molar-refractivity contribution in [2.75, 3.05) is 82.3 Å². The van der Waals surface area contributed by atoms with E-state index < -0.39 is 7.14 Å². The number of anilines is 5. The first-order chi connectivity index (χ1) is 24.1. The molecule has 2 aromatic carbocycles. The number of benzene rings is 2. The molecule has 1 saturated carbocycles. The second kappa shape index (κ2) is 13.2. The van der Waals surface area contributed by atoms with Gasteiger partial charge in [0.2, 0.25) is 5.95 Å². The molecule has 0 radical (unpaired) electrons. The van der Waals surface area contributed by atoms with Crippen molar-refractivity contribution in [1.82, 2.24) is 29.7 Å². The Morgan fingerprint density at radius 3 is 2.36 bits per heavy atom. The number of pyridine rings is 1. The highest BCUT2D eigenvalue weighted by Crippen LogP contribution is 2.44. The normalized spacial score (nSPS) is 18.2. The summed E-state index contributed by atoms with van der Waals surface area (Å²) in [6.07, 6.45) is 6.58. The SMILES string of the molecule is COc1cc(N2CCC(N3CCN(C)CC3)CC2)c(C)cc1Nc1nc(Nc2ccc3nc(C4CC4)ccc3c2P(C)(C)=O)c2cc[nH]c2n1. The molecule has 2 aliphatic heterocycles. The van der Waals surface area contributed by atoms with Gasteiger partial charge in [0.15, 0.2) is 0 Å². The Labute approximate surface area is 294 Å². The molecule has 5 heterocycles. The molecular formula is C38H48N9O2P. The fraction of sp³-hybridized carbons (Fsp3) is 0.447. The molecule has 12 heteroatoms. The minimum atomic E-state index is -2.71. The molecule has 11 nitrogen and oxygen atoms in total. The Hall–Kier alpha value is -4.18. The standard InChI is InChI=1S/C38H48N9O2P/c1-24-22-32(34(49-3)23-33(24)47-16-13-26(14-17-47)46-20-18-45(2)19-21-46)42-38-43-36-28(12-15-39-36)37(44-38)41-31-11-10-30-27(35(31)50(4,5)48)8-9-29(40-30)25-6-7-25/h8-12,15,22-23,25-26H,6-7,13-14,16-21H2,1-5H3,(H3,39,41,42,43,44). The molecular weight excluding hydrogens is 645 g/mol. The van der Waals surface area contributed by atoms with E-state index in [2.05, 4.69) is 68.6 Å². The van der Waals surface area contributed by atoms with E-state index in [1.54, 1.807) is 7.11 Å². The molecule has 3 aromatic heterocycles. The van der Waals surface area contributed by atoms with Gasteiger partial charge in [-0.25, -0.2) is 0 Å². The maximum atomic E-state index is 13.8. The smallest absolute Gasteiger partial charge is 0.231 e. The largest absolute Gasteiger partial charge is 0.494 e. The summed E-state index contributed by atoms with van der Waals surface area (Å²) in [5.41, 5.74) is 6.62. The number of piperazine rings is 1. The number of nitrogens with one attached hydrogen (secondary N) is 3. The van der Waals surface area contributed by atoms with E-state index in [4.69, 9.17) is 19.7 Å². The number of rotatable bonds is 9. The lowest BCUT2D eigenvalue weighted by molar-refractivity contribution is 0.0982. The van der Waals surface area contributed by atoms with Crippen LogP contribution in [0.1, 0.15) is 42.9 Å². The maximum absolute atomic E-state index is 13.8. The van der Waals surface area contributed by atoms with Crippen LogP contribution in [0.4, 0.5) is 28.8 Å². The number of piperidine rings is 1. The minimum absolute atomic E-state index is 0.426. The lowest BCUT2D eigenvalue weighted by Gasteiger charge is -2.43. The van der Waals surface area contributed by atoms with Gasteiger partial charge < -0.3 is 34.7 Å². The number of fused-ring (bicyclic) bond motifs is 2. The lowest BCUT2D eigenvalue weighted by atomic mass is 10.0. The summed E-state index contributed by atoms with van der Waals surface area (Å²) in [7, 11) is 1.21. The van der Waals surface area contributed by atoms with Crippen molar-refractivity contribution in [3.05, 3.63) is 59.9 Å². The third kappa shape index (κ3) is 6.54. The summed E-state index contributed by atoms with van der Waals surface area (Å²) >= 11 is 0. The van der Waals surface area contributed by atoms with Crippen LogP contribution in [-0.4, -0.2) is 103 Å². The summed E-state index contributed by atoms with van der Waals surface area (Å²) in [5, 5.41) is 9.52. The predicted molar refractivity (Wildman–Crippen MR) is 205 cm³/mol. The number of methoxy groups -OCH3 is 1. The van der Waals surface area contributed by atoms with Gasteiger partial charge in [-0.3, -0.25) is 9.88 Å². The molecule has 3 N–H and O–H groups in total. The van der Waals surface area contributed by atoms with Crippen molar-refractivity contribution < 1.29 is 9.30 Å². The molecule has 262 valence electrons. The predicted octanol–water partition coefficient (Wildman–Crippen LogP) is 6.65. The summed E-state index contributed by atoms with van der Waals surface area (Å²) in [5.74, 6) is 2.33. The van der Waals surface area contributed by atoms with Gasteiger partial charge in [-0.2, -0.15) is 9.97 Å². The van der Waals surface area contributed by atoms with E-state index in [1.165, 1.54) is 50.0 Å². The molecule has 0 atom stereocenters. The number of hydrogen-bond donors (Lipinski definition) is 3. The van der Waals surface area contributed by atoms with E-state index in [0.717, 1.165) is 70.6 Å². The zero-order chi connectivity index (χ0) is 34.6. The van der Waals surface area contributed by atoms with Crippen LogP contribution < -0.4 is 25.6 Å². The van der Waals surface area contributed by atoms with Crippen LogP contribution in [0.3, 0.4) is 0 Å². The van der Waals surface area contributed by atoms with Gasteiger partial charge in [-0.1, -0.05) is 6.07 Å². The number of nitrogens with zero attached hydrogens (tertiary/aromatic N) is 6. The molecule has 1 aliphatic carbocycles. The average Bonchev–Trinajstić information content (AvgIpc) is 3.85. The van der Waals surface area contributed by atoms with Crippen LogP contribution in [0.15, 0.2) is 48.7 Å². The van der Waals surface area contributed by atoms with Crippen molar-refractivity contribution in [2.45, 2.75) is 44.6 Å². The van der Waals surface area contributed by atoms with Crippen LogP contribution in [0.5, 0.6) is 5.75 Å². The lowest BCUT2D eigenvalue weighted by Crippen LogP contribution is -2.52. The highest BCUT2D eigenvalue weighted by molar-refractivity contribution is 7.71. The first-order valence-corrected chi connectivity index (χ1v) is 20.5. The van der Waals surface area contributed by atoms with Gasteiger partial charge >= 0.3 is 0 Å². The maximum Gasteiger partial charge on any atom is 0.231 e. The molecule has 0 unspecified atom stereocenters. The highest BCUT2D eigenvalue weighted by atomic mass is 31.2. The van der Waals surface area contributed by atoms with Crippen LogP contribution in [-0.2, 0) is 4.57 Å². The van der Waals surface area contributed by atoms with Crippen LogP contribution >= 0.6 is 7.14 Å². The van der Waals surface area contributed by atoms with Crippen molar-refractivity contribution in [3.63, 3.8) is 0 Å². The molecule has 8 rings (SSSR count). The number of aromatic amines is 1. The third-order valence-electron chi connectivity index (χ3n) is 10.7. The third-order valence-corrected chi connectivity index (χ3v) is 12.3. The van der Waals surface area contributed by atoms with E-state index in [1.807, 2.05) is 37.7 Å². The number of ether oxygens (including phenoxy) is 1. The quantitative estimate of drug-likeness (QED) is 0.145. The Morgan fingerprint density at radius 1 is 0.860 bits per heavy atom. The fourth-order valence-electron chi connectivity index (χ4n) is 7.78. The number of aromatic nitrogens is 4. The van der Waals surface area contributed by atoms with Crippen molar-refractivity contribution in [2.24, 2.45) is 0 Å². The van der Waals surface area contributed by atoms with E-state index in [0.29, 0.717) is 29.4 Å². The van der Waals surface area contributed by atoms with Gasteiger partial charge in [0.25, 0.3) is 0 Å². The number of aryl methyl sites for hydroxylation is 1. The second-order valence-electron chi connectivity index (χ2n) is 14.7. The molecule has 50 heavy (non-hydrogen) atoms. The summed E-state index contributed by atoms with van der Waals surface area (Å²) in [6.45, 7) is 12.5. The van der Waals surface area contributed by atoms with Crippen molar-refractivity contribution >= 4 is 63.2 Å². The van der Waals surface area contributed by atoms with Crippen LogP contribution in [0, 0.1) is 6.92 Å². The van der Waals surface area contributed by atoms with Crippen molar-refractivity contribution in [1.29, 1.82) is 0 Å².